The summed E-state index contributed by atoms with van der Waals surface area (Å²) in [6.07, 6.45) is 4.37. The predicted octanol–water partition coefficient (Wildman–Crippen LogP) is 4.04. The van der Waals surface area contributed by atoms with Gasteiger partial charge in [0.15, 0.2) is 0 Å². The van der Waals surface area contributed by atoms with Gasteiger partial charge in [0.1, 0.15) is 16.4 Å². The normalized spacial score (nSPS) is 17.8. The van der Waals surface area contributed by atoms with E-state index in [2.05, 4.69) is 15.6 Å². The molecule has 0 radical (unpaired) electrons. The smallest absolute Gasteiger partial charge is 0.282 e. The SMILES string of the molecule is CC(O)=C1c2ccccc2Cn2c1nc(=O)c1c3c(sc12)CCCC3. The van der Waals surface area contributed by atoms with Crippen molar-refractivity contribution in [2.45, 2.75) is 39.2 Å². The molecule has 4 nitrogen and oxygen atoms in total. The summed E-state index contributed by atoms with van der Waals surface area (Å²) in [5.74, 6) is 0.795. The van der Waals surface area contributed by atoms with Crippen LogP contribution in [0.3, 0.4) is 0 Å². The van der Waals surface area contributed by atoms with Gasteiger partial charge in [-0.05, 0) is 49.3 Å². The zero-order valence-corrected chi connectivity index (χ0v) is 14.8. The Morgan fingerprint density at radius 3 is 2.88 bits per heavy atom. The number of nitrogens with zero attached hydrogens (tertiary/aromatic N) is 2. The van der Waals surface area contributed by atoms with Gasteiger partial charge in [-0.15, -0.1) is 11.3 Å². The Morgan fingerprint density at radius 1 is 1.24 bits per heavy atom. The van der Waals surface area contributed by atoms with Crippen LogP contribution in [-0.2, 0) is 19.4 Å². The Hall–Kier alpha value is -2.40. The minimum Gasteiger partial charge on any atom is -0.512 e. The van der Waals surface area contributed by atoms with Gasteiger partial charge in [-0.1, -0.05) is 24.3 Å². The lowest BCUT2D eigenvalue weighted by Gasteiger charge is -2.24. The Morgan fingerprint density at radius 2 is 2.04 bits per heavy atom. The summed E-state index contributed by atoms with van der Waals surface area (Å²) in [6, 6.07) is 8.04. The maximum atomic E-state index is 12.8. The van der Waals surface area contributed by atoms with Crippen LogP contribution in [0.25, 0.3) is 15.8 Å². The van der Waals surface area contributed by atoms with E-state index in [1.165, 1.54) is 16.9 Å². The van der Waals surface area contributed by atoms with Crippen molar-refractivity contribution in [3.63, 3.8) is 0 Å². The molecule has 0 atom stereocenters. The van der Waals surface area contributed by atoms with Crippen LogP contribution in [0.2, 0.25) is 0 Å². The van der Waals surface area contributed by atoms with Crippen molar-refractivity contribution in [2.24, 2.45) is 0 Å². The van der Waals surface area contributed by atoms with Crippen molar-refractivity contribution in [3.05, 3.63) is 67.8 Å². The van der Waals surface area contributed by atoms with Gasteiger partial charge in [-0.3, -0.25) is 4.79 Å². The van der Waals surface area contributed by atoms with E-state index in [1.54, 1.807) is 18.3 Å². The highest BCUT2D eigenvalue weighted by molar-refractivity contribution is 7.18. The van der Waals surface area contributed by atoms with Crippen LogP contribution in [-0.4, -0.2) is 14.7 Å². The van der Waals surface area contributed by atoms with Gasteiger partial charge in [0, 0.05) is 4.88 Å². The van der Waals surface area contributed by atoms with Crippen LogP contribution in [0, 0.1) is 0 Å². The molecule has 1 aliphatic carbocycles. The van der Waals surface area contributed by atoms with Crippen molar-refractivity contribution in [1.29, 1.82) is 0 Å². The van der Waals surface area contributed by atoms with Gasteiger partial charge in [0.2, 0.25) is 0 Å². The Bertz CT molecular complexity index is 1120. The van der Waals surface area contributed by atoms with Crippen LogP contribution in [0.5, 0.6) is 0 Å². The van der Waals surface area contributed by atoms with Crippen molar-refractivity contribution in [1.82, 2.24) is 9.55 Å². The highest BCUT2D eigenvalue weighted by Gasteiger charge is 2.28. The van der Waals surface area contributed by atoms with E-state index in [4.69, 9.17) is 0 Å². The van der Waals surface area contributed by atoms with Crippen LogP contribution < -0.4 is 5.56 Å². The fourth-order valence-corrected chi connectivity index (χ4v) is 5.54. The largest absolute Gasteiger partial charge is 0.512 e. The van der Waals surface area contributed by atoms with Gasteiger partial charge in [0.05, 0.1) is 17.5 Å². The van der Waals surface area contributed by atoms with Gasteiger partial charge in [0.25, 0.3) is 5.56 Å². The van der Waals surface area contributed by atoms with Crippen LogP contribution in [0.15, 0.2) is 34.8 Å². The fourth-order valence-electron chi connectivity index (χ4n) is 4.16. The Kier molecular flexibility index (Phi) is 3.16. The van der Waals surface area contributed by atoms with Gasteiger partial charge in [-0.25, -0.2) is 0 Å². The molecular weight excluding hydrogens is 332 g/mol. The molecule has 2 aromatic heterocycles. The Labute approximate surface area is 149 Å². The Balaban J connectivity index is 1.89. The third-order valence-corrected chi connectivity index (χ3v) is 6.59. The van der Waals surface area contributed by atoms with E-state index < -0.39 is 0 Å². The van der Waals surface area contributed by atoms with Gasteiger partial charge < -0.3 is 9.67 Å². The number of aliphatic hydroxyl groups excluding tert-OH is 1. The van der Waals surface area contributed by atoms with E-state index in [0.717, 1.165) is 40.6 Å². The lowest BCUT2D eigenvalue weighted by molar-refractivity contribution is 0.416. The monoisotopic (exact) mass is 350 g/mol. The molecule has 25 heavy (non-hydrogen) atoms. The molecule has 2 aliphatic rings. The van der Waals surface area contributed by atoms with E-state index in [1.807, 2.05) is 18.2 Å². The number of allylic oxidation sites excluding steroid dienone is 1. The first-order chi connectivity index (χ1) is 12.1. The molecule has 0 amide bonds. The summed E-state index contributed by atoms with van der Waals surface area (Å²) in [4.78, 5) is 19.6. The number of hydrogen-bond acceptors (Lipinski definition) is 4. The second-order valence-electron chi connectivity index (χ2n) is 6.84. The molecule has 5 heteroatoms. The molecule has 1 N–H and O–H groups in total. The first-order valence-electron chi connectivity index (χ1n) is 8.68. The number of thiophene rings is 1. The maximum Gasteiger partial charge on any atom is 0.282 e. The van der Waals surface area contributed by atoms with Crippen LogP contribution >= 0.6 is 11.3 Å². The topological polar surface area (TPSA) is 55.1 Å². The summed E-state index contributed by atoms with van der Waals surface area (Å²) < 4.78 is 2.12. The second kappa shape index (κ2) is 5.30. The summed E-state index contributed by atoms with van der Waals surface area (Å²) in [7, 11) is 0. The number of fused-ring (bicyclic) bond motifs is 6. The summed E-state index contributed by atoms with van der Waals surface area (Å²) in [5, 5.41) is 11.1. The molecule has 0 unspecified atom stereocenters. The molecule has 0 bridgehead atoms. The number of aryl methyl sites for hydroxylation is 2. The quantitative estimate of drug-likeness (QED) is 0.487. The van der Waals surface area contributed by atoms with Crippen molar-refractivity contribution < 1.29 is 5.11 Å². The highest BCUT2D eigenvalue weighted by atomic mass is 32.1. The van der Waals surface area contributed by atoms with Gasteiger partial charge in [-0.2, -0.15) is 4.98 Å². The first kappa shape index (κ1) is 14.9. The summed E-state index contributed by atoms with van der Waals surface area (Å²) in [5.41, 5.74) is 3.85. The van der Waals surface area contributed by atoms with E-state index in [-0.39, 0.29) is 11.3 Å². The number of hydrogen-bond donors (Lipinski definition) is 1. The standard InChI is InChI=1S/C20H18N2O2S/c1-11(23)16-13-7-3-2-6-12(13)10-22-18(16)21-19(24)17-14-8-4-5-9-15(14)25-20(17)22/h2-3,6-7,23H,4-5,8-10H2,1H3. The fraction of sp³-hybridized carbons (Fsp3) is 0.300. The summed E-state index contributed by atoms with van der Waals surface area (Å²) in [6.45, 7) is 2.35. The van der Waals surface area contributed by atoms with Crippen molar-refractivity contribution >= 4 is 27.1 Å². The minimum absolute atomic E-state index is 0.154. The van der Waals surface area contributed by atoms with Crippen molar-refractivity contribution in [2.75, 3.05) is 0 Å². The third kappa shape index (κ3) is 2.05. The molecule has 3 heterocycles. The molecule has 126 valence electrons. The average Bonchev–Trinajstić information content (AvgIpc) is 3.00. The summed E-state index contributed by atoms with van der Waals surface area (Å²) >= 11 is 1.74. The van der Waals surface area contributed by atoms with E-state index >= 15 is 0 Å². The lowest BCUT2D eigenvalue weighted by Crippen LogP contribution is -2.23. The van der Waals surface area contributed by atoms with Crippen LogP contribution in [0.4, 0.5) is 0 Å². The molecule has 1 aliphatic heterocycles. The van der Waals surface area contributed by atoms with E-state index in [0.29, 0.717) is 17.9 Å². The molecule has 0 spiro atoms. The number of aliphatic hydroxyl groups is 1. The zero-order valence-electron chi connectivity index (χ0n) is 14.0. The molecule has 0 fully saturated rings. The second-order valence-corrected chi connectivity index (χ2v) is 7.92. The van der Waals surface area contributed by atoms with Crippen molar-refractivity contribution in [3.8, 4) is 0 Å². The minimum atomic E-state index is -0.154. The molecule has 3 aromatic rings. The molecule has 0 saturated heterocycles. The number of aromatic nitrogens is 2. The average molecular weight is 350 g/mol. The molecule has 0 saturated carbocycles. The predicted molar refractivity (Wildman–Crippen MR) is 100 cm³/mol. The van der Waals surface area contributed by atoms with E-state index in [9.17, 15) is 9.90 Å². The van der Waals surface area contributed by atoms with Crippen LogP contribution in [0.1, 0.15) is 47.2 Å². The molecule has 1 aromatic carbocycles. The lowest BCUT2D eigenvalue weighted by atomic mass is 9.94. The molecular formula is C20H18N2O2S. The third-order valence-electron chi connectivity index (χ3n) is 5.28. The first-order valence-corrected chi connectivity index (χ1v) is 9.50. The zero-order chi connectivity index (χ0) is 17.1. The highest BCUT2D eigenvalue weighted by Crippen LogP contribution is 2.39. The number of rotatable bonds is 0. The maximum absolute atomic E-state index is 12.8. The molecule has 5 rings (SSSR count). The van der Waals surface area contributed by atoms with Gasteiger partial charge >= 0.3 is 0 Å². The number of benzene rings is 1.